The van der Waals surface area contributed by atoms with E-state index in [1.54, 1.807) is 14.2 Å². The van der Waals surface area contributed by atoms with Crippen LogP contribution in [0.1, 0.15) is 17.5 Å². The molecule has 1 atom stereocenters. The van der Waals surface area contributed by atoms with Crippen molar-refractivity contribution in [3.8, 4) is 11.8 Å². The monoisotopic (exact) mass is 342 g/mol. The van der Waals surface area contributed by atoms with Gasteiger partial charge in [0.2, 0.25) is 11.8 Å². The molecular formula is C18H22N4O3. The number of methoxy groups -OCH3 is 1. The van der Waals surface area contributed by atoms with Gasteiger partial charge in [0.05, 0.1) is 24.6 Å². The molecule has 7 heteroatoms. The summed E-state index contributed by atoms with van der Waals surface area (Å²) < 4.78 is 5.16. The van der Waals surface area contributed by atoms with Gasteiger partial charge in [-0.3, -0.25) is 14.5 Å². The molecule has 0 saturated carbocycles. The molecule has 1 N–H and O–H groups in total. The van der Waals surface area contributed by atoms with Crippen molar-refractivity contribution in [3.63, 3.8) is 0 Å². The minimum absolute atomic E-state index is 0.0608. The molecule has 3 rings (SSSR count). The number of nitrogens with zero attached hydrogens (tertiary/aromatic N) is 3. The summed E-state index contributed by atoms with van der Waals surface area (Å²) in [6.07, 6.45) is 0.306. The van der Waals surface area contributed by atoms with E-state index in [1.165, 1.54) is 0 Å². The average Bonchev–Trinajstić information content (AvgIpc) is 2.98. The van der Waals surface area contributed by atoms with Gasteiger partial charge in [-0.05, 0) is 17.7 Å². The Morgan fingerprint density at radius 3 is 2.80 bits per heavy atom. The maximum Gasteiger partial charge on any atom is 0.225 e. The molecule has 1 aromatic carbocycles. The second kappa shape index (κ2) is 7.11. The van der Waals surface area contributed by atoms with Gasteiger partial charge in [-0.15, -0.1) is 0 Å². The smallest absolute Gasteiger partial charge is 0.225 e. The molecule has 2 heterocycles. The number of benzene rings is 1. The molecule has 2 aliphatic rings. The molecule has 2 saturated heterocycles. The quantitative estimate of drug-likeness (QED) is 0.834. The number of carbonyl (C=O) groups excluding carboxylic acids is 2. The Balaban J connectivity index is 1.54. The van der Waals surface area contributed by atoms with Crippen LogP contribution in [0.25, 0.3) is 0 Å². The summed E-state index contributed by atoms with van der Waals surface area (Å²) in [5, 5.41) is 11.8. The van der Waals surface area contributed by atoms with Gasteiger partial charge in [0.25, 0.3) is 0 Å². The van der Waals surface area contributed by atoms with Crippen molar-refractivity contribution in [2.75, 3.05) is 33.8 Å². The van der Waals surface area contributed by atoms with Gasteiger partial charge < -0.3 is 15.0 Å². The van der Waals surface area contributed by atoms with Crippen LogP contribution in [0.2, 0.25) is 0 Å². The third-order valence-electron chi connectivity index (χ3n) is 4.94. The van der Waals surface area contributed by atoms with Crippen LogP contribution in [0.15, 0.2) is 18.2 Å². The molecule has 0 radical (unpaired) electrons. The molecule has 0 spiro atoms. The number of amides is 2. The number of carbonyl (C=O) groups is 2. The van der Waals surface area contributed by atoms with Gasteiger partial charge in [-0.2, -0.15) is 5.26 Å². The van der Waals surface area contributed by atoms with Crippen LogP contribution in [-0.4, -0.2) is 61.4 Å². The summed E-state index contributed by atoms with van der Waals surface area (Å²) in [4.78, 5) is 27.9. The van der Waals surface area contributed by atoms with Crippen molar-refractivity contribution in [2.45, 2.75) is 19.0 Å². The number of ether oxygens (including phenoxy) is 1. The zero-order valence-corrected chi connectivity index (χ0v) is 14.5. The van der Waals surface area contributed by atoms with Crippen molar-refractivity contribution in [1.82, 2.24) is 15.1 Å². The molecule has 25 heavy (non-hydrogen) atoms. The summed E-state index contributed by atoms with van der Waals surface area (Å²) in [7, 11) is 3.15. The Bertz CT molecular complexity index is 722. The Morgan fingerprint density at radius 2 is 2.16 bits per heavy atom. The van der Waals surface area contributed by atoms with Gasteiger partial charge in [0, 0.05) is 39.6 Å². The van der Waals surface area contributed by atoms with E-state index in [-0.39, 0.29) is 23.8 Å². The fraction of sp³-hybridized carbons (Fsp3) is 0.500. The molecular weight excluding hydrogens is 320 g/mol. The first-order valence-electron chi connectivity index (χ1n) is 8.36. The van der Waals surface area contributed by atoms with Crippen LogP contribution in [-0.2, 0) is 16.1 Å². The first-order chi connectivity index (χ1) is 12.0. The maximum absolute atomic E-state index is 12.1. The van der Waals surface area contributed by atoms with Gasteiger partial charge >= 0.3 is 0 Å². The molecule has 2 fully saturated rings. The molecule has 0 aromatic heterocycles. The van der Waals surface area contributed by atoms with Crippen LogP contribution in [0.3, 0.4) is 0 Å². The number of likely N-dealkylation sites (tertiary alicyclic amines) is 2. The van der Waals surface area contributed by atoms with E-state index >= 15 is 0 Å². The molecule has 0 aliphatic carbocycles. The van der Waals surface area contributed by atoms with Crippen LogP contribution in [0, 0.1) is 17.2 Å². The van der Waals surface area contributed by atoms with Crippen LogP contribution >= 0.6 is 0 Å². The highest BCUT2D eigenvalue weighted by atomic mass is 16.5. The standard InChI is InChI=1S/C18H22N4O3/c1-20-18(24)14-6-17(23)22(9-14)15-10-21(11-15)8-12-3-4-16(25-2)13(5-12)7-19/h3-5,14-15H,6,8-11H2,1-2H3,(H,20,24). The van der Waals surface area contributed by atoms with Crippen molar-refractivity contribution in [2.24, 2.45) is 5.92 Å². The lowest BCUT2D eigenvalue weighted by molar-refractivity contribution is -0.133. The Labute approximate surface area is 147 Å². The zero-order chi connectivity index (χ0) is 18.0. The molecule has 1 unspecified atom stereocenters. The third kappa shape index (κ3) is 3.44. The normalized spacial score (nSPS) is 20.9. The molecule has 2 aliphatic heterocycles. The summed E-state index contributed by atoms with van der Waals surface area (Å²) in [6.45, 7) is 2.83. The van der Waals surface area contributed by atoms with Crippen LogP contribution < -0.4 is 10.1 Å². The summed E-state index contributed by atoms with van der Waals surface area (Å²) in [5.74, 6) is 0.353. The third-order valence-corrected chi connectivity index (χ3v) is 4.94. The zero-order valence-electron chi connectivity index (χ0n) is 14.5. The highest BCUT2D eigenvalue weighted by Gasteiger charge is 2.41. The van der Waals surface area contributed by atoms with E-state index in [0.717, 1.165) is 25.2 Å². The van der Waals surface area contributed by atoms with Crippen molar-refractivity contribution < 1.29 is 14.3 Å². The Morgan fingerprint density at radius 1 is 1.40 bits per heavy atom. The van der Waals surface area contributed by atoms with E-state index in [9.17, 15) is 9.59 Å². The number of nitrogens with one attached hydrogen (secondary N) is 1. The predicted molar refractivity (Wildman–Crippen MR) is 90.7 cm³/mol. The van der Waals surface area contributed by atoms with E-state index < -0.39 is 0 Å². The predicted octanol–water partition coefficient (Wildman–Crippen LogP) is 0.346. The van der Waals surface area contributed by atoms with E-state index in [2.05, 4.69) is 16.3 Å². The lowest BCUT2D eigenvalue weighted by Gasteiger charge is -2.44. The Hall–Kier alpha value is -2.59. The van der Waals surface area contributed by atoms with E-state index in [0.29, 0.717) is 24.3 Å². The van der Waals surface area contributed by atoms with Gasteiger partial charge in [-0.25, -0.2) is 0 Å². The van der Waals surface area contributed by atoms with Crippen LogP contribution in [0.5, 0.6) is 5.75 Å². The van der Waals surface area contributed by atoms with Gasteiger partial charge in [-0.1, -0.05) is 6.07 Å². The summed E-state index contributed by atoms with van der Waals surface area (Å²) >= 11 is 0. The van der Waals surface area contributed by atoms with Gasteiger partial charge in [0.1, 0.15) is 11.8 Å². The molecule has 2 amide bonds. The first-order valence-corrected chi connectivity index (χ1v) is 8.36. The minimum atomic E-state index is -0.230. The fourth-order valence-corrected chi connectivity index (χ4v) is 3.53. The highest BCUT2D eigenvalue weighted by molar-refractivity contribution is 5.89. The lowest BCUT2D eigenvalue weighted by Crippen LogP contribution is -2.59. The lowest BCUT2D eigenvalue weighted by atomic mass is 10.0. The van der Waals surface area contributed by atoms with E-state index in [1.807, 2.05) is 23.1 Å². The average molecular weight is 342 g/mol. The molecule has 1 aromatic rings. The van der Waals surface area contributed by atoms with Crippen molar-refractivity contribution in [3.05, 3.63) is 29.3 Å². The number of hydrogen-bond donors (Lipinski definition) is 1. The molecule has 132 valence electrons. The maximum atomic E-state index is 12.1. The Kier molecular flexibility index (Phi) is 4.91. The highest BCUT2D eigenvalue weighted by Crippen LogP contribution is 2.27. The number of rotatable bonds is 5. The summed E-state index contributed by atoms with van der Waals surface area (Å²) in [6, 6.07) is 7.92. The van der Waals surface area contributed by atoms with Gasteiger partial charge in [0.15, 0.2) is 0 Å². The molecule has 7 nitrogen and oxygen atoms in total. The van der Waals surface area contributed by atoms with Crippen molar-refractivity contribution >= 4 is 11.8 Å². The van der Waals surface area contributed by atoms with Crippen LogP contribution in [0.4, 0.5) is 0 Å². The molecule has 0 bridgehead atoms. The second-order valence-corrected chi connectivity index (χ2v) is 6.56. The fourth-order valence-electron chi connectivity index (χ4n) is 3.53. The minimum Gasteiger partial charge on any atom is -0.495 e. The van der Waals surface area contributed by atoms with E-state index in [4.69, 9.17) is 10.00 Å². The summed E-state index contributed by atoms with van der Waals surface area (Å²) in [5.41, 5.74) is 1.58. The second-order valence-electron chi connectivity index (χ2n) is 6.56. The SMILES string of the molecule is CNC(=O)C1CC(=O)N(C2CN(Cc3ccc(OC)c(C#N)c3)C2)C1. The first kappa shape index (κ1) is 17.2. The van der Waals surface area contributed by atoms with Crippen molar-refractivity contribution in [1.29, 1.82) is 5.26 Å². The largest absolute Gasteiger partial charge is 0.495 e. The number of nitriles is 1. The topological polar surface area (TPSA) is 85.7 Å². The number of hydrogen-bond acceptors (Lipinski definition) is 5.